The zero-order valence-electron chi connectivity index (χ0n) is 18.6. The van der Waals surface area contributed by atoms with E-state index in [-0.39, 0.29) is 22.7 Å². The number of halogens is 3. The molecule has 0 aromatic carbocycles. The van der Waals surface area contributed by atoms with Gasteiger partial charge in [0.1, 0.15) is 11.9 Å². The zero-order valence-corrected chi connectivity index (χ0v) is 18.6. The van der Waals surface area contributed by atoms with Gasteiger partial charge < -0.3 is 9.64 Å². The van der Waals surface area contributed by atoms with Crippen LogP contribution in [0, 0.1) is 11.3 Å². The van der Waals surface area contributed by atoms with Crippen LogP contribution in [-0.4, -0.2) is 64.9 Å². The second-order valence-electron chi connectivity index (χ2n) is 9.15. The van der Waals surface area contributed by atoms with Crippen molar-refractivity contribution in [1.82, 2.24) is 15.0 Å². The molecule has 3 N–H and O–H groups in total. The van der Waals surface area contributed by atoms with Crippen LogP contribution in [0.1, 0.15) is 45.2 Å². The van der Waals surface area contributed by atoms with E-state index in [2.05, 4.69) is 23.8 Å². The highest BCUT2D eigenvalue weighted by atomic mass is 19.4. The topological polar surface area (TPSA) is 125 Å². The molecule has 1 unspecified atom stereocenters. The van der Waals surface area contributed by atoms with E-state index in [1.807, 2.05) is 0 Å². The molecule has 1 aliphatic carbocycles. The van der Waals surface area contributed by atoms with Gasteiger partial charge in [-0.05, 0) is 37.0 Å². The lowest BCUT2D eigenvalue weighted by Gasteiger charge is -2.39. The number of hydrogen-bond donors (Lipinski definition) is 2. The van der Waals surface area contributed by atoms with Gasteiger partial charge in [-0.2, -0.15) is 18.2 Å². The molecule has 0 bridgehead atoms. The van der Waals surface area contributed by atoms with Gasteiger partial charge in [-0.15, -0.1) is 0 Å². The molecule has 2 aliphatic rings. The lowest BCUT2D eigenvalue weighted by molar-refractivity contribution is -0.173. The molecule has 1 aliphatic heterocycles. The standard InChI is InChI=1S/C20H29F3N6O4/c1-19(2)5-3-13(4-6-19)16(28(32)12-30)17(31)29(24)18-25-14(20(21,22)23)11-15(26-18)27-7-9-33-10-8-27/h11-13,16,32H,3-10,24H2,1-2H3. The Kier molecular flexibility index (Phi) is 7.44. The molecular weight excluding hydrogens is 445 g/mol. The molecule has 0 radical (unpaired) electrons. The van der Waals surface area contributed by atoms with Crippen molar-refractivity contribution < 1.29 is 32.7 Å². The summed E-state index contributed by atoms with van der Waals surface area (Å²) >= 11 is 0. The van der Waals surface area contributed by atoms with Gasteiger partial charge >= 0.3 is 6.18 Å². The third-order valence-corrected chi connectivity index (χ3v) is 6.26. The van der Waals surface area contributed by atoms with E-state index >= 15 is 0 Å². The Morgan fingerprint density at radius 3 is 2.45 bits per heavy atom. The summed E-state index contributed by atoms with van der Waals surface area (Å²) in [4.78, 5) is 33.6. The SMILES string of the molecule is CC1(C)CCC(C(C(=O)N(N)c2nc(N3CCOCC3)cc(C(F)(F)F)n2)N(O)C=O)CC1. The molecule has 3 rings (SSSR count). The molecule has 13 heteroatoms. The minimum Gasteiger partial charge on any atom is -0.378 e. The number of alkyl halides is 3. The Labute approximate surface area is 189 Å². The number of carbonyl (C=O) groups excluding carboxylic acids is 2. The highest BCUT2D eigenvalue weighted by molar-refractivity contribution is 5.95. The fourth-order valence-corrected chi connectivity index (χ4v) is 4.20. The molecule has 1 aromatic heterocycles. The minimum absolute atomic E-state index is 0.0468. The average molecular weight is 474 g/mol. The number of ether oxygens (including phenoxy) is 1. The summed E-state index contributed by atoms with van der Waals surface area (Å²) in [6.45, 7) is 5.39. The average Bonchev–Trinajstić information content (AvgIpc) is 2.79. The summed E-state index contributed by atoms with van der Waals surface area (Å²) in [6.07, 6.45) is -2.15. The lowest BCUT2D eigenvalue weighted by Crippen LogP contribution is -2.55. The van der Waals surface area contributed by atoms with Gasteiger partial charge in [-0.25, -0.2) is 20.9 Å². The molecule has 10 nitrogen and oxygen atoms in total. The number of aromatic nitrogens is 2. The highest BCUT2D eigenvalue weighted by Gasteiger charge is 2.41. The number of nitrogens with two attached hydrogens (primary N) is 1. The zero-order chi connectivity index (χ0) is 24.4. The number of hydrazine groups is 1. The van der Waals surface area contributed by atoms with Gasteiger partial charge in [0.15, 0.2) is 5.69 Å². The van der Waals surface area contributed by atoms with Crippen molar-refractivity contribution in [1.29, 1.82) is 0 Å². The van der Waals surface area contributed by atoms with Gasteiger partial charge in [0.2, 0.25) is 12.4 Å². The molecule has 33 heavy (non-hydrogen) atoms. The smallest absolute Gasteiger partial charge is 0.378 e. The van der Waals surface area contributed by atoms with Gasteiger partial charge in [0.25, 0.3) is 5.91 Å². The van der Waals surface area contributed by atoms with E-state index in [0.29, 0.717) is 44.2 Å². The number of morpholine rings is 1. The Bertz CT molecular complexity index is 853. The number of carbonyl (C=O) groups is 2. The number of nitrogens with zero attached hydrogens (tertiary/aromatic N) is 5. The number of hydroxylamine groups is 2. The summed E-state index contributed by atoms with van der Waals surface area (Å²) < 4.78 is 45.8. The first-order valence-corrected chi connectivity index (χ1v) is 10.7. The van der Waals surface area contributed by atoms with Crippen molar-refractivity contribution >= 4 is 24.1 Å². The molecule has 0 spiro atoms. The van der Waals surface area contributed by atoms with Gasteiger partial charge in [-0.1, -0.05) is 13.8 Å². The van der Waals surface area contributed by atoms with Crippen LogP contribution in [0.4, 0.5) is 24.9 Å². The van der Waals surface area contributed by atoms with E-state index < -0.39 is 35.7 Å². The van der Waals surface area contributed by atoms with Crippen LogP contribution in [-0.2, 0) is 20.5 Å². The van der Waals surface area contributed by atoms with Gasteiger partial charge in [0.05, 0.1) is 13.2 Å². The highest BCUT2D eigenvalue weighted by Crippen LogP contribution is 2.40. The summed E-state index contributed by atoms with van der Waals surface area (Å²) in [5.41, 5.74) is -1.21. The van der Waals surface area contributed by atoms with Gasteiger partial charge in [-0.3, -0.25) is 14.8 Å². The number of anilines is 2. The first-order valence-electron chi connectivity index (χ1n) is 10.7. The van der Waals surface area contributed by atoms with Crippen molar-refractivity contribution in [2.75, 3.05) is 36.2 Å². The molecule has 2 heterocycles. The quantitative estimate of drug-likeness (QED) is 0.211. The van der Waals surface area contributed by atoms with E-state index in [1.54, 1.807) is 4.90 Å². The molecule has 1 saturated carbocycles. The maximum Gasteiger partial charge on any atom is 0.433 e. The van der Waals surface area contributed by atoms with E-state index in [4.69, 9.17) is 10.6 Å². The molecule has 2 fully saturated rings. The van der Waals surface area contributed by atoms with Crippen LogP contribution in [0.2, 0.25) is 0 Å². The van der Waals surface area contributed by atoms with Crippen molar-refractivity contribution in [3.05, 3.63) is 11.8 Å². The Hall–Kier alpha value is -2.51. The van der Waals surface area contributed by atoms with E-state index in [1.165, 1.54) is 0 Å². The fraction of sp³-hybridized carbons (Fsp3) is 0.700. The largest absolute Gasteiger partial charge is 0.433 e. The second-order valence-corrected chi connectivity index (χ2v) is 9.15. The summed E-state index contributed by atoms with van der Waals surface area (Å²) in [5.74, 6) is 3.79. The van der Waals surface area contributed by atoms with Crippen molar-refractivity contribution in [3.63, 3.8) is 0 Å². The molecular formula is C20H29F3N6O4. The molecule has 1 atom stereocenters. The first kappa shape index (κ1) is 25.1. The number of hydrogen-bond acceptors (Lipinski definition) is 8. The van der Waals surface area contributed by atoms with Crippen molar-refractivity contribution in [2.45, 2.75) is 51.7 Å². The predicted molar refractivity (Wildman–Crippen MR) is 111 cm³/mol. The third-order valence-electron chi connectivity index (χ3n) is 6.26. The Morgan fingerprint density at radius 2 is 1.91 bits per heavy atom. The van der Waals surface area contributed by atoms with E-state index in [0.717, 1.165) is 18.9 Å². The summed E-state index contributed by atoms with van der Waals surface area (Å²) in [6, 6.07) is -0.578. The normalized spacial score (nSPS) is 20.3. The molecule has 2 amide bonds. The van der Waals surface area contributed by atoms with E-state index in [9.17, 15) is 28.0 Å². The molecule has 184 valence electrons. The maximum atomic E-state index is 13.5. The fourth-order valence-electron chi connectivity index (χ4n) is 4.20. The van der Waals surface area contributed by atoms with Gasteiger partial charge in [0, 0.05) is 19.2 Å². The predicted octanol–water partition coefficient (Wildman–Crippen LogP) is 1.97. The Morgan fingerprint density at radius 1 is 1.30 bits per heavy atom. The Balaban J connectivity index is 1.92. The lowest BCUT2D eigenvalue weighted by atomic mass is 9.71. The molecule has 1 saturated heterocycles. The van der Waals surface area contributed by atoms with Crippen LogP contribution >= 0.6 is 0 Å². The van der Waals surface area contributed by atoms with Crippen molar-refractivity contribution in [2.24, 2.45) is 17.2 Å². The van der Waals surface area contributed by atoms with Crippen LogP contribution in [0.15, 0.2) is 6.07 Å². The maximum absolute atomic E-state index is 13.5. The minimum atomic E-state index is -4.80. The van der Waals surface area contributed by atoms with Crippen LogP contribution in [0.25, 0.3) is 0 Å². The monoisotopic (exact) mass is 474 g/mol. The molecule has 1 aromatic rings. The number of rotatable bonds is 6. The number of amides is 2. The summed E-state index contributed by atoms with van der Waals surface area (Å²) in [7, 11) is 0. The summed E-state index contributed by atoms with van der Waals surface area (Å²) in [5, 5.41) is 10.7. The first-order chi connectivity index (χ1) is 15.4. The second kappa shape index (κ2) is 9.77. The van der Waals surface area contributed by atoms with Crippen LogP contribution in [0.5, 0.6) is 0 Å². The van der Waals surface area contributed by atoms with Crippen LogP contribution < -0.4 is 15.8 Å². The third kappa shape index (κ3) is 5.89. The van der Waals surface area contributed by atoms with Crippen LogP contribution in [0.3, 0.4) is 0 Å². The van der Waals surface area contributed by atoms with Crippen molar-refractivity contribution in [3.8, 4) is 0 Å².